The number of rotatable bonds is 11. The summed E-state index contributed by atoms with van der Waals surface area (Å²) in [7, 11) is -4.33. The number of carbonyl (C=O) groups excluding carboxylic acids is 1. The van der Waals surface area contributed by atoms with E-state index in [-0.39, 0.29) is 11.9 Å². The average Bonchev–Trinajstić information content (AvgIpc) is 3.13. The zero-order valence-electron chi connectivity index (χ0n) is 21.0. The minimum absolute atomic E-state index is 0.150. The van der Waals surface area contributed by atoms with Crippen molar-refractivity contribution in [3.63, 3.8) is 0 Å². The summed E-state index contributed by atoms with van der Waals surface area (Å²) in [5, 5.41) is 24.2. The monoisotopic (exact) mass is 551 g/mol. The van der Waals surface area contributed by atoms with E-state index in [9.17, 15) is 29.2 Å². The van der Waals surface area contributed by atoms with Crippen molar-refractivity contribution in [1.82, 2.24) is 14.6 Å². The third-order valence-corrected chi connectivity index (χ3v) is 7.44. The fraction of sp³-hybridized carbons (Fsp3) is 0.458. The molecule has 14 heteroatoms. The van der Waals surface area contributed by atoms with Crippen LogP contribution in [0.15, 0.2) is 52.2 Å². The van der Waals surface area contributed by atoms with E-state index in [1.807, 2.05) is 17.8 Å². The number of hydrogen-bond acceptors (Lipinski definition) is 10. The molecule has 0 spiro atoms. The lowest BCUT2D eigenvalue weighted by molar-refractivity contribution is -0.150. The van der Waals surface area contributed by atoms with Gasteiger partial charge in [0.1, 0.15) is 24.0 Å². The molecule has 1 aromatic carbocycles. The minimum atomic E-state index is -4.33. The van der Waals surface area contributed by atoms with E-state index < -0.39 is 61.7 Å². The first-order chi connectivity index (χ1) is 17.9. The molecule has 206 valence electrons. The van der Waals surface area contributed by atoms with Crippen LogP contribution >= 0.6 is 7.75 Å². The highest BCUT2D eigenvalue weighted by Gasteiger charge is 2.56. The summed E-state index contributed by atoms with van der Waals surface area (Å²) >= 11 is 0. The Balaban J connectivity index is 1.83. The Morgan fingerprint density at radius 3 is 2.61 bits per heavy atom. The Kier molecular flexibility index (Phi) is 9.32. The molecule has 1 aliphatic rings. The predicted octanol–water partition coefficient (Wildman–Crippen LogP) is 0.683. The van der Waals surface area contributed by atoms with Gasteiger partial charge >= 0.3 is 19.4 Å². The zero-order valence-corrected chi connectivity index (χ0v) is 21.9. The van der Waals surface area contributed by atoms with Gasteiger partial charge in [0.05, 0.1) is 12.7 Å². The fourth-order valence-electron chi connectivity index (χ4n) is 3.51. The predicted molar refractivity (Wildman–Crippen MR) is 134 cm³/mol. The summed E-state index contributed by atoms with van der Waals surface area (Å²) in [5.41, 5.74) is -4.06. The van der Waals surface area contributed by atoms with Crippen LogP contribution in [0.2, 0.25) is 0 Å². The Labute approximate surface area is 218 Å². The highest BCUT2D eigenvalue weighted by atomic mass is 31.2. The number of aromatic amines is 1. The lowest BCUT2D eigenvalue weighted by atomic mass is 9.95. The second-order valence-corrected chi connectivity index (χ2v) is 10.4. The molecule has 38 heavy (non-hydrogen) atoms. The number of H-pyrrole nitrogens is 1. The normalized spacial score (nSPS) is 26.1. The molecule has 7 atom stereocenters. The van der Waals surface area contributed by atoms with Crippen LogP contribution < -0.4 is 20.9 Å². The molecule has 0 saturated carbocycles. The first-order valence-corrected chi connectivity index (χ1v) is 13.3. The van der Waals surface area contributed by atoms with E-state index in [1.165, 1.54) is 19.1 Å². The number of hydrogen-bond donors (Lipinski definition) is 4. The number of esters is 1. The third kappa shape index (κ3) is 6.60. The van der Waals surface area contributed by atoms with Crippen LogP contribution in [0.25, 0.3) is 0 Å². The maximum Gasteiger partial charge on any atom is 0.459 e. The van der Waals surface area contributed by atoms with Crippen molar-refractivity contribution in [2.24, 2.45) is 0 Å². The largest absolute Gasteiger partial charge is 0.462 e. The number of benzene rings is 1. The van der Waals surface area contributed by atoms with Gasteiger partial charge < -0.3 is 24.2 Å². The number of nitrogens with zero attached hydrogens (tertiary/aromatic N) is 1. The number of para-hydroxylation sites is 1. The van der Waals surface area contributed by atoms with Crippen LogP contribution in [0.3, 0.4) is 0 Å². The van der Waals surface area contributed by atoms with Gasteiger partial charge in [-0.1, -0.05) is 31.0 Å². The summed E-state index contributed by atoms with van der Waals surface area (Å²) in [6.45, 7) is 4.30. The molecular formula is C24H30N3O10P. The van der Waals surface area contributed by atoms with Gasteiger partial charge in [0.25, 0.3) is 5.56 Å². The zero-order chi connectivity index (χ0) is 28.1. The second-order valence-electron chi connectivity index (χ2n) is 8.66. The van der Waals surface area contributed by atoms with E-state index in [0.29, 0.717) is 6.42 Å². The van der Waals surface area contributed by atoms with Gasteiger partial charge in [-0.2, -0.15) is 5.09 Å². The standard InChI is InChI=1S/C24H30N3O10P/c1-5-15(3)35-21(30)16(4)26-38(33,37-17-10-8-7-9-11-17)34-14-18-20(29)24(32,6-2)22(36-18)27-13-12-19(28)25-23(27)31/h2,7-13,15-16,18,20,22,29,32H,5,14H2,1,3-4H3,(H,26,33)(H,25,28,31)/t15-,16?,18-,20-,22-,24-,38?/m1/s1. The highest BCUT2D eigenvalue weighted by Crippen LogP contribution is 2.46. The smallest absolute Gasteiger partial charge is 0.459 e. The highest BCUT2D eigenvalue weighted by molar-refractivity contribution is 7.52. The second kappa shape index (κ2) is 12.1. The molecule has 1 saturated heterocycles. The first-order valence-electron chi connectivity index (χ1n) is 11.7. The van der Waals surface area contributed by atoms with Crippen molar-refractivity contribution in [1.29, 1.82) is 0 Å². The molecule has 2 unspecified atom stereocenters. The molecule has 0 amide bonds. The number of aliphatic hydroxyl groups excluding tert-OH is 1. The number of aromatic nitrogens is 2. The maximum absolute atomic E-state index is 13.7. The Morgan fingerprint density at radius 1 is 1.32 bits per heavy atom. The summed E-state index contributed by atoms with van der Waals surface area (Å²) in [6.07, 6.45) is 1.85. The van der Waals surface area contributed by atoms with Gasteiger partial charge in [0.2, 0.25) is 0 Å². The van der Waals surface area contributed by atoms with E-state index in [1.54, 1.807) is 25.1 Å². The van der Waals surface area contributed by atoms with Crippen molar-refractivity contribution in [3.05, 3.63) is 63.4 Å². The number of ether oxygens (including phenoxy) is 2. The summed E-state index contributed by atoms with van der Waals surface area (Å²) in [6, 6.07) is 7.87. The topological polar surface area (TPSA) is 178 Å². The van der Waals surface area contributed by atoms with Crippen molar-refractivity contribution >= 4 is 13.7 Å². The Bertz CT molecular complexity index is 1320. The van der Waals surface area contributed by atoms with Gasteiger partial charge in [-0.05, 0) is 32.4 Å². The van der Waals surface area contributed by atoms with Gasteiger partial charge in [-0.15, -0.1) is 6.42 Å². The SMILES string of the molecule is C#C[C@@]1(O)[C@H](O)[C@@H](COP(=O)(NC(C)C(=O)O[C@H](C)CC)Oc2ccccc2)O[C@H]1n1ccc(=O)[nH]c1=O. The molecule has 1 fully saturated rings. The van der Waals surface area contributed by atoms with Crippen molar-refractivity contribution in [2.45, 2.75) is 63.4 Å². The lowest BCUT2D eigenvalue weighted by Crippen LogP contribution is -2.48. The van der Waals surface area contributed by atoms with Gasteiger partial charge in [0, 0.05) is 12.3 Å². The molecule has 2 heterocycles. The Morgan fingerprint density at radius 2 is 2.00 bits per heavy atom. The average molecular weight is 551 g/mol. The fourth-order valence-corrected chi connectivity index (χ4v) is 5.01. The van der Waals surface area contributed by atoms with Gasteiger partial charge in [-0.3, -0.25) is 23.7 Å². The first kappa shape index (κ1) is 29.3. The van der Waals surface area contributed by atoms with Crippen LogP contribution in [-0.4, -0.2) is 62.3 Å². The number of nitrogens with one attached hydrogen (secondary N) is 2. The molecule has 1 aliphatic heterocycles. The summed E-state index contributed by atoms with van der Waals surface area (Å²) in [5.74, 6) is 1.47. The minimum Gasteiger partial charge on any atom is -0.462 e. The number of aliphatic hydroxyl groups is 2. The van der Waals surface area contributed by atoms with Crippen LogP contribution in [0.4, 0.5) is 0 Å². The number of terminal acetylenes is 1. The molecule has 0 aliphatic carbocycles. The Hall–Kier alpha value is -3.24. The molecule has 1 aromatic heterocycles. The van der Waals surface area contributed by atoms with Crippen molar-refractivity contribution in [3.8, 4) is 18.1 Å². The van der Waals surface area contributed by atoms with Crippen LogP contribution in [-0.2, 0) is 23.4 Å². The van der Waals surface area contributed by atoms with Crippen LogP contribution in [0, 0.1) is 12.3 Å². The molecule has 0 radical (unpaired) electrons. The van der Waals surface area contributed by atoms with E-state index in [4.69, 9.17) is 24.9 Å². The van der Waals surface area contributed by atoms with E-state index in [0.717, 1.165) is 16.8 Å². The van der Waals surface area contributed by atoms with Crippen molar-refractivity contribution in [2.75, 3.05) is 6.61 Å². The molecule has 2 aromatic rings. The molecule has 0 bridgehead atoms. The lowest BCUT2D eigenvalue weighted by Gasteiger charge is -2.26. The number of carbonyl (C=O) groups is 1. The summed E-state index contributed by atoms with van der Waals surface area (Å²) in [4.78, 5) is 38.1. The maximum atomic E-state index is 13.7. The van der Waals surface area contributed by atoms with Crippen LogP contribution in [0.1, 0.15) is 33.4 Å². The molecule has 3 rings (SSSR count). The van der Waals surface area contributed by atoms with Gasteiger partial charge in [0.15, 0.2) is 11.8 Å². The molecule has 13 nitrogen and oxygen atoms in total. The van der Waals surface area contributed by atoms with E-state index in [2.05, 4.69) is 5.09 Å². The quantitative estimate of drug-likeness (QED) is 0.175. The van der Waals surface area contributed by atoms with Crippen molar-refractivity contribution < 1.29 is 38.1 Å². The third-order valence-electron chi connectivity index (χ3n) is 5.79. The van der Waals surface area contributed by atoms with E-state index >= 15 is 0 Å². The van der Waals surface area contributed by atoms with Crippen LogP contribution in [0.5, 0.6) is 5.75 Å². The van der Waals surface area contributed by atoms with Gasteiger partial charge in [-0.25, -0.2) is 9.36 Å². The molecular weight excluding hydrogens is 521 g/mol. The summed E-state index contributed by atoms with van der Waals surface area (Å²) < 4.78 is 36.5. The molecule has 4 N–H and O–H groups in total.